The molecule has 0 bridgehead atoms. The highest BCUT2D eigenvalue weighted by Gasteiger charge is 2.20. The molecule has 2 aromatic carbocycles. The summed E-state index contributed by atoms with van der Waals surface area (Å²) in [5.74, 6) is 0.301. The normalized spacial score (nSPS) is 14.5. The van der Waals surface area contributed by atoms with Crippen LogP contribution in [0.3, 0.4) is 0 Å². The van der Waals surface area contributed by atoms with Crippen LogP contribution in [0.25, 0.3) is 22.3 Å². The highest BCUT2D eigenvalue weighted by Crippen LogP contribution is 2.33. The van der Waals surface area contributed by atoms with E-state index in [-0.39, 0.29) is 11.9 Å². The van der Waals surface area contributed by atoms with Crippen LogP contribution in [0.15, 0.2) is 48.5 Å². The fourth-order valence-corrected chi connectivity index (χ4v) is 4.69. The molecule has 2 heterocycles. The zero-order valence-electron chi connectivity index (χ0n) is 21.5. The zero-order chi connectivity index (χ0) is 26.2. The maximum Gasteiger partial charge on any atom is 0.222 e. The molecule has 0 atom stereocenters. The van der Waals surface area contributed by atoms with E-state index in [0.29, 0.717) is 36.1 Å². The zero-order valence-corrected chi connectivity index (χ0v) is 21.5. The van der Waals surface area contributed by atoms with Crippen molar-refractivity contribution in [2.24, 2.45) is 0 Å². The highest BCUT2D eigenvalue weighted by molar-refractivity contribution is 5.80. The number of carbonyl (C=O) groups excluding carboxylic acids is 1. The molecule has 7 nitrogen and oxygen atoms in total. The molecule has 37 heavy (non-hydrogen) atoms. The van der Waals surface area contributed by atoms with Crippen LogP contribution in [0, 0.1) is 12.9 Å². The Morgan fingerprint density at radius 1 is 1.11 bits per heavy atom. The van der Waals surface area contributed by atoms with Crippen molar-refractivity contribution in [1.82, 2.24) is 15.2 Å². The first-order valence-corrected chi connectivity index (χ1v) is 12.7. The summed E-state index contributed by atoms with van der Waals surface area (Å²) in [6, 6.07) is 15.2. The molecular weight excluding hydrogens is 471 g/mol. The van der Waals surface area contributed by atoms with Crippen molar-refractivity contribution >= 4 is 12.2 Å². The van der Waals surface area contributed by atoms with Gasteiger partial charge in [-0.1, -0.05) is 30.3 Å². The first-order chi connectivity index (χ1) is 18.0. The number of hydrogen-bond donors (Lipinski definition) is 2. The minimum Gasteiger partial charge on any atom is -0.490 e. The minimum atomic E-state index is -0.610. The molecule has 0 saturated carbocycles. The summed E-state index contributed by atoms with van der Waals surface area (Å²) in [6.07, 6.45) is 3.48. The number of rotatable bonds is 11. The van der Waals surface area contributed by atoms with Crippen LogP contribution in [0.4, 0.5) is 10.2 Å². The van der Waals surface area contributed by atoms with E-state index in [2.05, 4.69) is 15.2 Å². The lowest BCUT2D eigenvalue weighted by atomic mass is 9.96. The number of nitrogens with one attached hydrogen (secondary N) is 1. The lowest BCUT2D eigenvalue weighted by Crippen LogP contribution is -2.39. The van der Waals surface area contributed by atoms with Crippen molar-refractivity contribution in [2.75, 3.05) is 45.6 Å². The second-order valence-corrected chi connectivity index (χ2v) is 9.40. The number of hydrogen-bond acceptors (Lipinski definition) is 6. The monoisotopic (exact) mass is 506 g/mol. The SMILES string of the molecule is COCCN1CCC(Oc2ccc(-c3cc(-c4ccc(C)c(CCNC=O)c4)c(N)nc3F)cc2)CC1. The third-order valence-electron chi connectivity index (χ3n) is 6.90. The van der Waals surface area contributed by atoms with Gasteiger partial charge in [-0.3, -0.25) is 4.79 Å². The number of carbonyl (C=O) groups is 1. The number of aryl methyl sites for hydroxylation is 1. The smallest absolute Gasteiger partial charge is 0.222 e. The van der Waals surface area contributed by atoms with Gasteiger partial charge in [0, 0.05) is 44.4 Å². The van der Waals surface area contributed by atoms with Crippen molar-refractivity contribution in [1.29, 1.82) is 0 Å². The molecule has 3 aromatic rings. The van der Waals surface area contributed by atoms with Gasteiger partial charge in [0.15, 0.2) is 0 Å². The minimum absolute atomic E-state index is 0.138. The molecule has 1 aliphatic rings. The molecule has 1 saturated heterocycles. The first kappa shape index (κ1) is 26.6. The lowest BCUT2D eigenvalue weighted by molar-refractivity contribution is -0.109. The van der Waals surface area contributed by atoms with Gasteiger partial charge < -0.3 is 25.4 Å². The molecule has 0 aliphatic carbocycles. The van der Waals surface area contributed by atoms with Gasteiger partial charge in [0.05, 0.1) is 6.61 Å². The summed E-state index contributed by atoms with van der Waals surface area (Å²) in [7, 11) is 1.72. The maximum atomic E-state index is 14.9. The number of benzene rings is 2. The van der Waals surface area contributed by atoms with Crippen molar-refractivity contribution in [2.45, 2.75) is 32.3 Å². The van der Waals surface area contributed by atoms with Gasteiger partial charge in [0.25, 0.3) is 0 Å². The number of ether oxygens (including phenoxy) is 2. The van der Waals surface area contributed by atoms with Gasteiger partial charge in [0.1, 0.15) is 17.7 Å². The van der Waals surface area contributed by atoms with Crippen LogP contribution in [0.1, 0.15) is 24.0 Å². The fraction of sp³-hybridized carbons (Fsp3) is 0.379. The molecule has 1 aromatic heterocycles. The largest absolute Gasteiger partial charge is 0.490 e. The Kier molecular flexibility index (Phi) is 9.09. The Hall–Kier alpha value is -3.49. The van der Waals surface area contributed by atoms with Gasteiger partial charge in [-0.05, 0) is 66.6 Å². The second-order valence-electron chi connectivity index (χ2n) is 9.40. The fourth-order valence-electron chi connectivity index (χ4n) is 4.69. The summed E-state index contributed by atoms with van der Waals surface area (Å²) < 4.78 is 26.3. The lowest BCUT2D eigenvalue weighted by Gasteiger charge is -2.31. The van der Waals surface area contributed by atoms with E-state index in [1.165, 1.54) is 0 Å². The summed E-state index contributed by atoms with van der Waals surface area (Å²) in [6.45, 7) is 6.23. The van der Waals surface area contributed by atoms with Crippen LogP contribution < -0.4 is 15.8 Å². The Balaban J connectivity index is 1.48. The molecule has 1 aliphatic heterocycles. The van der Waals surface area contributed by atoms with E-state index in [9.17, 15) is 9.18 Å². The standard InChI is InChI=1S/C29H35FN4O3/c1-20-3-4-23(17-22(20)9-12-32-19-35)27-18-26(28(30)33-29(27)31)21-5-7-24(8-6-21)37-25-10-13-34(14-11-25)15-16-36-2/h3-8,17-19,25H,9-16H2,1-2H3,(H2,31,33)(H,32,35). The van der Waals surface area contributed by atoms with E-state index < -0.39 is 5.95 Å². The van der Waals surface area contributed by atoms with E-state index in [0.717, 1.165) is 61.5 Å². The quantitative estimate of drug-likeness (QED) is 0.230. The van der Waals surface area contributed by atoms with Crippen LogP contribution in [-0.2, 0) is 16.0 Å². The summed E-state index contributed by atoms with van der Waals surface area (Å²) in [4.78, 5) is 17.0. The third-order valence-corrected chi connectivity index (χ3v) is 6.90. The van der Waals surface area contributed by atoms with Crippen LogP contribution in [0.2, 0.25) is 0 Å². The number of nitrogens with zero attached hydrogens (tertiary/aromatic N) is 2. The highest BCUT2D eigenvalue weighted by atomic mass is 19.1. The third kappa shape index (κ3) is 6.84. The number of anilines is 1. The molecule has 0 unspecified atom stereocenters. The van der Waals surface area contributed by atoms with Gasteiger partial charge in [-0.15, -0.1) is 0 Å². The maximum absolute atomic E-state index is 14.9. The van der Waals surface area contributed by atoms with Crippen LogP contribution in [0.5, 0.6) is 5.75 Å². The molecular formula is C29H35FN4O3. The molecule has 1 amide bonds. The molecule has 4 rings (SSSR count). The number of amides is 1. The van der Waals surface area contributed by atoms with Crippen molar-refractivity contribution in [3.05, 3.63) is 65.6 Å². The summed E-state index contributed by atoms with van der Waals surface area (Å²) >= 11 is 0. The van der Waals surface area contributed by atoms with E-state index in [1.807, 2.05) is 49.4 Å². The van der Waals surface area contributed by atoms with Gasteiger partial charge >= 0.3 is 0 Å². The number of pyridine rings is 1. The number of likely N-dealkylation sites (tertiary alicyclic amines) is 1. The number of aromatic nitrogens is 1. The average molecular weight is 507 g/mol. The van der Waals surface area contributed by atoms with Gasteiger partial charge in [-0.25, -0.2) is 4.98 Å². The van der Waals surface area contributed by atoms with Crippen LogP contribution in [-0.4, -0.2) is 62.3 Å². The molecule has 8 heteroatoms. The number of piperidine rings is 1. The van der Waals surface area contributed by atoms with Crippen LogP contribution >= 0.6 is 0 Å². The molecule has 196 valence electrons. The molecule has 0 spiro atoms. The second kappa shape index (κ2) is 12.7. The van der Waals surface area contributed by atoms with Crippen molar-refractivity contribution < 1.29 is 18.7 Å². The molecule has 3 N–H and O–H groups in total. The predicted octanol–water partition coefficient (Wildman–Crippen LogP) is 4.22. The van der Waals surface area contributed by atoms with E-state index in [1.54, 1.807) is 13.2 Å². The Bertz CT molecular complexity index is 1190. The van der Waals surface area contributed by atoms with Gasteiger partial charge in [0.2, 0.25) is 12.4 Å². The average Bonchev–Trinajstić information content (AvgIpc) is 2.90. The Labute approximate surface area is 217 Å². The predicted molar refractivity (Wildman–Crippen MR) is 144 cm³/mol. The van der Waals surface area contributed by atoms with Crippen molar-refractivity contribution in [3.63, 3.8) is 0 Å². The van der Waals surface area contributed by atoms with Gasteiger partial charge in [-0.2, -0.15) is 4.39 Å². The number of halogens is 1. The van der Waals surface area contributed by atoms with E-state index >= 15 is 0 Å². The topological polar surface area (TPSA) is 89.7 Å². The van der Waals surface area contributed by atoms with Crippen molar-refractivity contribution in [3.8, 4) is 28.0 Å². The number of nitrogen functional groups attached to an aromatic ring is 1. The Morgan fingerprint density at radius 3 is 2.54 bits per heavy atom. The summed E-state index contributed by atoms with van der Waals surface area (Å²) in [5, 5.41) is 2.69. The molecule has 0 radical (unpaired) electrons. The Morgan fingerprint density at radius 2 is 1.84 bits per heavy atom. The van der Waals surface area contributed by atoms with E-state index in [4.69, 9.17) is 15.2 Å². The number of methoxy groups -OCH3 is 1. The molecule has 1 fully saturated rings. The first-order valence-electron chi connectivity index (χ1n) is 12.7. The number of nitrogens with two attached hydrogens (primary N) is 1. The summed E-state index contributed by atoms with van der Waals surface area (Å²) in [5.41, 5.74) is 10.9.